The van der Waals surface area contributed by atoms with Gasteiger partial charge in [0.25, 0.3) is 0 Å². The van der Waals surface area contributed by atoms with E-state index in [0.29, 0.717) is 11.5 Å². The van der Waals surface area contributed by atoms with E-state index in [2.05, 4.69) is 5.16 Å². The molecule has 0 aliphatic carbocycles. The first-order chi connectivity index (χ1) is 9.33. The Morgan fingerprint density at radius 2 is 1.84 bits per heavy atom. The van der Waals surface area contributed by atoms with E-state index in [-0.39, 0.29) is 0 Å². The molecule has 0 atom stereocenters. The molecule has 19 heavy (non-hydrogen) atoms. The Labute approximate surface area is 110 Å². The largest absolute Gasteiger partial charge is 0.497 e. The molecule has 96 valence electrons. The predicted molar refractivity (Wildman–Crippen MR) is 72.5 cm³/mol. The van der Waals surface area contributed by atoms with Gasteiger partial charge in [0.15, 0.2) is 5.76 Å². The molecule has 1 aromatic heterocycles. The van der Waals surface area contributed by atoms with E-state index in [0.717, 1.165) is 22.2 Å². The van der Waals surface area contributed by atoms with Gasteiger partial charge in [-0.25, -0.2) is 0 Å². The molecule has 0 radical (unpaired) electrons. The van der Waals surface area contributed by atoms with E-state index in [1.54, 1.807) is 14.2 Å². The van der Waals surface area contributed by atoms with Crippen LogP contribution in [0.2, 0.25) is 0 Å². The summed E-state index contributed by atoms with van der Waals surface area (Å²) in [6, 6.07) is 13.4. The number of benzene rings is 2. The number of aromatic nitrogens is 1. The molecule has 3 aromatic rings. The van der Waals surface area contributed by atoms with Crippen molar-refractivity contribution in [2.75, 3.05) is 14.2 Å². The third kappa shape index (κ3) is 1.91. The third-order valence-electron chi connectivity index (χ3n) is 3.04. The van der Waals surface area contributed by atoms with Crippen molar-refractivity contribution < 1.29 is 14.0 Å². The van der Waals surface area contributed by atoms with Crippen molar-refractivity contribution in [2.45, 2.75) is 0 Å². The quantitative estimate of drug-likeness (QED) is 0.718. The molecule has 4 heteroatoms. The van der Waals surface area contributed by atoms with E-state index in [1.807, 2.05) is 42.5 Å². The fourth-order valence-corrected chi connectivity index (χ4v) is 2.07. The summed E-state index contributed by atoms with van der Waals surface area (Å²) in [6.45, 7) is 0. The molecule has 0 N–H and O–H groups in total. The molecule has 0 spiro atoms. The third-order valence-corrected chi connectivity index (χ3v) is 3.04. The van der Waals surface area contributed by atoms with Crippen molar-refractivity contribution in [1.29, 1.82) is 0 Å². The number of nitrogens with zero attached hydrogens (tertiary/aromatic N) is 1. The van der Waals surface area contributed by atoms with Gasteiger partial charge in [-0.2, -0.15) is 0 Å². The van der Waals surface area contributed by atoms with Crippen LogP contribution in [0.4, 0.5) is 0 Å². The summed E-state index contributed by atoms with van der Waals surface area (Å²) >= 11 is 0. The Balaban J connectivity index is 2.21. The number of methoxy groups -OCH3 is 2. The topological polar surface area (TPSA) is 44.5 Å². The van der Waals surface area contributed by atoms with Crippen molar-refractivity contribution >= 4 is 10.9 Å². The molecule has 4 nitrogen and oxygen atoms in total. The average Bonchev–Trinajstić information content (AvgIpc) is 2.90. The first kappa shape index (κ1) is 11.6. The molecule has 2 aromatic carbocycles. The Morgan fingerprint density at radius 1 is 1.00 bits per heavy atom. The SMILES string of the molecule is COc1ccc(-c2onc3ccccc23)c(OC)c1. The van der Waals surface area contributed by atoms with Crippen LogP contribution in [0, 0.1) is 0 Å². The summed E-state index contributed by atoms with van der Waals surface area (Å²) < 4.78 is 16.0. The lowest BCUT2D eigenvalue weighted by atomic mass is 10.1. The van der Waals surface area contributed by atoms with Crippen molar-refractivity contribution in [1.82, 2.24) is 5.16 Å². The van der Waals surface area contributed by atoms with Crippen LogP contribution in [-0.2, 0) is 0 Å². The summed E-state index contributed by atoms with van der Waals surface area (Å²) in [6.07, 6.45) is 0. The number of rotatable bonds is 3. The average molecular weight is 255 g/mol. The fraction of sp³-hybridized carbons (Fsp3) is 0.133. The monoisotopic (exact) mass is 255 g/mol. The molecule has 0 saturated carbocycles. The number of fused-ring (bicyclic) bond motifs is 1. The maximum absolute atomic E-state index is 5.45. The molecule has 0 aliphatic rings. The van der Waals surface area contributed by atoms with Gasteiger partial charge in [0.2, 0.25) is 0 Å². The maximum atomic E-state index is 5.45. The molecule has 0 unspecified atom stereocenters. The number of hydrogen-bond donors (Lipinski definition) is 0. The van der Waals surface area contributed by atoms with Gasteiger partial charge >= 0.3 is 0 Å². The van der Waals surface area contributed by atoms with Crippen LogP contribution in [0.15, 0.2) is 47.0 Å². The second kappa shape index (κ2) is 4.65. The Morgan fingerprint density at radius 3 is 2.63 bits per heavy atom. The summed E-state index contributed by atoms with van der Waals surface area (Å²) in [5.74, 6) is 2.14. The molecule has 0 amide bonds. The molecular formula is C15H13NO3. The molecular weight excluding hydrogens is 242 g/mol. The Bertz CT molecular complexity index is 718. The van der Waals surface area contributed by atoms with E-state index in [1.165, 1.54) is 0 Å². The molecule has 0 aliphatic heterocycles. The van der Waals surface area contributed by atoms with Gasteiger partial charge in [0.1, 0.15) is 17.0 Å². The van der Waals surface area contributed by atoms with Gasteiger partial charge in [-0.3, -0.25) is 0 Å². The zero-order valence-corrected chi connectivity index (χ0v) is 10.7. The minimum atomic E-state index is 0.696. The highest BCUT2D eigenvalue weighted by Crippen LogP contribution is 2.36. The van der Waals surface area contributed by atoms with Crippen LogP contribution in [0.5, 0.6) is 11.5 Å². The highest BCUT2D eigenvalue weighted by Gasteiger charge is 2.15. The standard InChI is InChI=1S/C15H13NO3/c1-17-10-7-8-12(14(9-10)18-2)15-11-5-3-4-6-13(11)16-19-15/h3-9H,1-2H3. The van der Waals surface area contributed by atoms with Gasteiger partial charge < -0.3 is 14.0 Å². The molecule has 1 heterocycles. The highest BCUT2D eigenvalue weighted by molar-refractivity contribution is 5.93. The van der Waals surface area contributed by atoms with Gasteiger partial charge in [0, 0.05) is 11.5 Å². The first-order valence-corrected chi connectivity index (χ1v) is 5.90. The van der Waals surface area contributed by atoms with Gasteiger partial charge in [-0.05, 0) is 24.3 Å². The predicted octanol–water partition coefficient (Wildman–Crippen LogP) is 3.51. The van der Waals surface area contributed by atoms with Crippen molar-refractivity contribution in [2.24, 2.45) is 0 Å². The first-order valence-electron chi connectivity index (χ1n) is 5.90. The summed E-state index contributed by atoms with van der Waals surface area (Å²) in [5.41, 5.74) is 1.69. The summed E-state index contributed by atoms with van der Waals surface area (Å²) in [7, 11) is 3.25. The van der Waals surface area contributed by atoms with Crippen molar-refractivity contribution in [3.8, 4) is 22.8 Å². The second-order valence-corrected chi connectivity index (χ2v) is 4.10. The summed E-state index contributed by atoms with van der Waals surface area (Å²) in [4.78, 5) is 0. The van der Waals surface area contributed by atoms with Gasteiger partial charge in [-0.1, -0.05) is 17.3 Å². The lowest BCUT2D eigenvalue weighted by molar-refractivity contribution is 0.392. The Kier molecular flexibility index (Phi) is 2.83. The smallest absolute Gasteiger partial charge is 0.178 e. The summed E-state index contributed by atoms with van der Waals surface area (Å²) in [5, 5.41) is 5.02. The lowest BCUT2D eigenvalue weighted by Gasteiger charge is -2.08. The van der Waals surface area contributed by atoms with Crippen LogP contribution >= 0.6 is 0 Å². The molecule has 3 rings (SSSR count). The normalized spacial score (nSPS) is 10.6. The zero-order chi connectivity index (χ0) is 13.2. The minimum absolute atomic E-state index is 0.696. The van der Waals surface area contributed by atoms with E-state index in [9.17, 15) is 0 Å². The highest BCUT2D eigenvalue weighted by atomic mass is 16.5. The van der Waals surface area contributed by atoms with Crippen LogP contribution in [0.3, 0.4) is 0 Å². The van der Waals surface area contributed by atoms with Crippen molar-refractivity contribution in [3.05, 3.63) is 42.5 Å². The number of hydrogen-bond acceptors (Lipinski definition) is 4. The zero-order valence-electron chi connectivity index (χ0n) is 10.7. The van der Waals surface area contributed by atoms with E-state index >= 15 is 0 Å². The maximum Gasteiger partial charge on any atom is 0.178 e. The van der Waals surface area contributed by atoms with Crippen LogP contribution in [-0.4, -0.2) is 19.4 Å². The second-order valence-electron chi connectivity index (χ2n) is 4.10. The van der Waals surface area contributed by atoms with Crippen LogP contribution < -0.4 is 9.47 Å². The van der Waals surface area contributed by atoms with E-state index < -0.39 is 0 Å². The fourth-order valence-electron chi connectivity index (χ4n) is 2.07. The Hall–Kier alpha value is -2.49. The van der Waals surface area contributed by atoms with Crippen LogP contribution in [0.1, 0.15) is 0 Å². The van der Waals surface area contributed by atoms with Crippen LogP contribution in [0.25, 0.3) is 22.2 Å². The minimum Gasteiger partial charge on any atom is -0.497 e. The van der Waals surface area contributed by atoms with Gasteiger partial charge in [0.05, 0.1) is 19.8 Å². The molecule has 0 saturated heterocycles. The lowest BCUT2D eigenvalue weighted by Crippen LogP contribution is -1.89. The molecule has 0 bridgehead atoms. The number of ether oxygens (including phenoxy) is 2. The van der Waals surface area contributed by atoms with Crippen molar-refractivity contribution in [3.63, 3.8) is 0 Å². The van der Waals surface area contributed by atoms with Gasteiger partial charge in [-0.15, -0.1) is 0 Å². The van der Waals surface area contributed by atoms with E-state index in [4.69, 9.17) is 14.0 Å². The molecule has 0 fully saturated rings.